The average molecular weight is 255 g/mol. The van der Waals surface area contributed by atoms with Crippen LogP contribution >= 0.6 is 0 Å². The lowest BCUT2D eigenvalue weighted by atomic mass is 9.98. The van der Waals surface area contributed by atoms with Crippen LogP contribution in [-0.2, 0) is 14.4 Å². The fraction of sp³-hybridized carbons (Fsp3) is 0.636. The maximum atomic E-state index is 12.1. The lowest BCUT2D eigenvalue weighted by molar-refractivity contribution is -0.144. The third kappa shape index (κ3) is 2.85. The fourth-order valence-corrected chi connectivity index (χ4v) is 1.98. The standard InChI is InChI=1S/C11H17N3O4/c1-3-4-7-9(16)13-11(18)14(10(7)17)6(2)5-8(12)15/h6-7H,3-5H2,1-2H3,(H2,12,15)(H,13,16,18). The molecule has 18 heavy (non-hydrogen) atoms. The Morgan fingerprint density at radius 2 is 2.06 bits per heavy atom. The van der Waals surface area contributed by atoms with Gasteiger partial charge in [-0.25, -0.2) is 4.79 Å². The van der Waals surface area contributed by atoms with Gasteiger partial charge in [-0.1, -0.05) is 13.3 Å². The van der Waals surface area contributed by atoms with Gasteiger partial charge in [0.05, 0.1) is 0 Å². The van der Waals surface area contributed by atoms with Crippen LogP contribution in [0.3, 0.4) is 0 Å². The van der Waals surface area contributed by atoms with E-state index in [0.717, 1.165) is 4.90 Å². The van der Waals surface area contributed by atoms with Crippen molar-refractivity contribution < 1.29 is 19.2 Å². The highest BCUT2D eigenvalue weighted by molar-refractivity contribution is 6.16. The lowest BCUT2D eigenvalue weighted by Crippen LogP contribution is -2.60. The highest BCUT2D eigenvalue weighted by Gasteiger charge is 2.41. The predicted octanol–water partition coefficient (Wildman–Crippen LogP) is -0.255. The van der Waals surface area contributed by atoms with Crippen LogP contribution in [0.1, 0.15) is 33.1 Å². The first-order valence-corrected chi connectivity index (χ1v) is 5.84. The zero-order chi connectivity index (χ0) is 13.9. The van der Waals surface area contributed by atoms with Gasteiger partial charge in [0.2, 0.25) is 17.7 Å². The molecule has 1 fully saturated rings. The first-order chi connectivity index (χ1) is 8.38. The Hall–Kier alpha value is -1.92. The van der Waals surface area contributed by atoms with Crippen LogP contribution in [0, 0.1) is 5.92 Å². The number of nitrogens with two attached hydrogens (primary N) is 1. The zero-order valence-corrected chi connectivity index (χ0v) is 10.4. The Morgan fingerprint density at radius 3 is 2.56 bits per heavy atom. The average Bonchev–Trinajstić information content (AvgIpc) is 2.22. The summed E-state index contributed by atoms with van der Waals surface area (Å²) in [4.78, 5) is 46.9. The molecular formula is C11H17N3O4. The van der Waals surface area contributed by atoms with Gasteiger partial charge in [-0.3, -0.25) is 24.6 Å². The van der Waals surface area contributed by atoms with Crippen LogP contribution in [0.5, 0.6) is 0 Å². The van der Waals surface area contributed by atoms with Crippen LogP contribution in [0.15, 0.2) is 0 Å². The van der Waals surface area contributed by atoms with Gasteiger partial charge in [0.25, 0.3) is 0 Å². The minimum atomic E-state index is -0.858. The molecule has 1 rings (SSSR count). The molecule has 0 aromatic rings. The van der Waals surface area contributed by atoms with E-state index < -0.39 is 35.7 Å². The number of rotatable bonds is 5. The van der Waals surface area contributed by atoms with Gasteiger partial charge in [0.15, 0.2) is 0 Å². The van der Waals surface area contributed by atoms with Crippen LogP contribution < -0.4 is 11.1 Å². The molecule has 5 amide bonds. The third-order valence-electron chi connectivity index (χ3n) is 2.82. The highest BCUT2D eigenvalue weighted by atomic mass is 16.2. The monoisotopic (exact) mass is 255 g/mol. The normalized spacial score (nSPS) is 21.8. The molecule has 1 aliphatic rings. The highest BCUT2D eigenvalue weighted by Crippen LogP contribution is 2.19. The van der Waals surface area contributed by atoms with E-state index in [4.69, 9.17) is 5.73 Å². The van der Waals surface area contributed by atoms with Gasteiger partial charge in [0.1, 0.15) is 5.92 Å². The Bertz CT molecular complexity index is 394. The van der Waals surface area contributed by atoms with E-state index in [1.54, 1.807) is 6.92 Å². The van der Waals surface area contributed by atoms with Crippen molar-refractivity contribution >= 4 is 23.8 Å². The summed E-state index contributed by atoms with van der Waals surface area (Å²) in [6.07, 6.45) is 0.903. The van der Waals surface area contributed by atoms with Crippen LogP contribution in [0.2, 0.25) is 0 Å². The van der Waals surface area contributed by atoms with E-state index in [9.17, 15) is 19.2 Å². The molecule has 0 saturated carbocycles. The van der Waals surface area contributed by atoms with Gasteiger partial charge in [-0.15, -0.1) is 0 Å². The van der Waals surface area contributed by atoms with Gasteiger partial charge in [0, 0.05) is 12.5 Å². The molecule has 0 radical (unpaired) electrons. The van der Waals surface area contributed by atoms with Crippen molar-refractivity contribution in [1.82, 2.24) is 10.2 Å². The lowest BCUT2D eigenvalue weighted by Gasteiger charge is -2.33. The molecule has 0 spiro atoms. The second-order valence-electron chi connectivity index (χ2n) is 4.36. The molecule has 0 bridgehead atoms. The van der Waals surface area contributed by atoms with Crippen molar-refractivity contribution in [3.8, 4) is 0 Å². The van der Waals surface area contributed by atoms with Gasteiger partial charge in [-0.2, -0.15) is 0 Å². The second kappa shape index (κ2) is 5.61. The van der Waals surface area contributed by atoms with Crippen LogP contribution in [-0.4, -0.2) is 34.7 Å². The van der Waals surface area contributed by atoms with Crippen molar-refractivity contribution in [3.63, 3.8) is 0 Å². The van der Waals surface area contributed by atoms with Crippen LogP contribution in [0.25, 0.3) is 0 Å². The van der Waals surface area contributed by atoms with Crippen LogP contribution in [0.4, 0.5) is 4.79 Å². The summed E-state index contributed by atoms with van der Waals surface area (Å²) in [6.45, 7) is 3.38. The molecule has 1 saturated heterocycles. The van der Waals surface area contributed by atoms with Gasteiger partial charge in [-0.05, 0) is 13.3 Å². The second-order valence-corrected chi connectivity index (χ2v) is 4.36. The summed E-state index contributed by atoms with van der Waals surface area (Å²) in [6, 6.07) is -1.44. The zero-order valence-electron chi connectivity index (χ0n) is 10.4. The van der Waals surface area contributed by atoms with E-state index >= 15 is 0 Å². The number of imide groups is 2. The molecule has 100 valence electrons. The summed E-state index contributed by atoms with van der Waals surface area (Å²) in [5, 5.41) is 2.12. The first-order valence-electron chi connectivity index (χ1n) is 5.84. The topological polar surface area (TPSA) is 110 Å². The number of barbiturate groups is 1. The third-order valence-corrected chi connectivity index (χ3v) is 2.82. The van der Waals surface area contributed by atoms with Crippen molar-refractivity contribution in [3.05, 3.63) is 0 Å². The summed E-state index contributed by atoms with van der Waals surface area (Å²) >= 11 is 0. The largest absolute Gasteiger partial charge is 0.370 e. The maximum absolute atomic E-state index is 12.1. The summed E-state index contributed by atoms with van der Waals surface area (Å²) in [7, 11) is 0. The van der Waals surface area contributed by atoms with E-state index in [1.165, 1.54) is 0 Å². The molecule has 0 aliphatic carbocycles. The number of urea groups is 1. The van der Waals surface area contributed by atoms with Crippen molar-refractivity contribution in [2.75, 3.05) is 0 Å². The molecule has 2 unspecified atom stereocenters. The van der Waals surface area contributed by atoms with E-state index in [0.29, 0.717) is 12.8 Å². The number of hydrogen-bond acceptors (Lipinski definition) is 4. The number of hydrogen-bond donors (Lipinski definition) is 2. The number of primary amides is 1. The first kappa shape index (κ1) is 14.1. The van der Waals surface area contributed by atoms with E-state index in [2.05, 4.69) is 5.32 Å². The molecule has 7 heteroatoms. The molecule has 0 aromatic carbocycles. The molecule has 1 aliphatic heterocycles. The molecule has 2 atom stereocenters. The van der Waals surface area contributed by atoms with Crippen molar-refractivity contribution in [1.29, 1.82) is 0 Å². The molecule has 7 nitrogen and oxygen atoms in total. The maximum Gasteiger partial charge on any atom is 0.331 e. The fourth-order valence-electron chi connectivity index (χ4n) is 1.98. The molecule has 3 N–H and O–H groups in total. The Kier molecular flexibility index (Phi) is 4.41. The van der Waals surface area contributed by atoms with Crippen molar-refractivity contribution in [2.45, 2.75) is 39.2 Å². The Labute approximate surface area is 105 Å². The molecule has 0 aromatic heterocycles. The number of carbonyl (C=O) groups is 4. The minimum absolute atomic E-state index is 0.119. The number of nitrogens with one attached hydrogen (secondary N) is 1. The van der Waals surface area contributed by atoms with Gasteiger partial charge >= 0.3 is 6.03 Å². The van der Waals surface area contributed by atoms with E-state index in [1.807, 2.05) is 6.92 Å². The summed E-state index contributed by atoms with van der Waals surface area (Å²) in [5.41, 5.74) is 5.04. The quantitative estimate of drug-likeness (QED) is 0.660. The summed E-state index contributed by atoms with van der Waals surface area (Å²) < 4.78 is 0. The predicted molar refractivity (Wildman–Crippen MR) is 62.1 cm³/mol. The van der Waals surface area contributed by atoms with Crippen molar-refractivity contribution in [2.24, 2.45) is 11.7 Å². The SMILES string of the molecule is CCCC1C(=O)NC(=O)N(C(C)CC(N)=O)C1=O. The van der Waals surface area contributed by atoms with Gasteiger partial charge < -0.3 is 5.73 Å². The number of amides is 5. The molecular weight excluding hydrogens is 238 g/mol. The Morgan fingerprint density at radius 1 is 1.44 bits per heavy atom. The summed E-state index contributed by atoms with van der Waals surface area (Å²) in [5.74, 6) is -2.59. The van der Waals surface area contributed by atoms with E-state index in [-0.39, 0.29) is 6.42 Å². The smallest absolute Gasteiger partial charge is 0.331 e. The number of nitrogens with zero attached hydrogens (tertiary/aromatic N) is 1. The Balaban J connectivity index is 2.89. The minimum Gasteiger partial charge on any atom is -0.370 e. The number of carbonyl (C=O) groups excluding carboxylic acids is 4. The molecule has 1 heterocycles.